The van der Waals surface area contributed by atoms with Crippen LogP contribution < -0.4 is 19.5 Å². The van der Waals surface area contributed by atoms with Crippen molar-refractivity contribution in [2.45, 2.75) is 18.2 Å². The molecule has 0 aliphatic carbocycles. The van der Waals surface area contributed by atoms with Gasteiger partial charge in [0.05, 0.1) is 36.4 Å². The molecule has 0 spiro atoms. The first-order chi connectivity index (χ1) is 15.1. The number of nitrogens with one attached hydrogen (secondary N) is 1. The maximum absolute atomic E-state index is 12.5. The molecular weight excluding hydrogens is 456 g/mol. The first-order valence-electron chi connectivity index (χ1n) is 9.74. The van der Waals surface area contributed by atoms with Crippen LogP contribution in [0.15, 0.2) is 41.3 Å². The molecule has 2 aromatic carbocycles. The second-order valence-electron chi connectivity index (χ2n) is 6.85. The summed E-state index contributed by atoms with van der Waals surface area (Å²) in [7, 11) is 2.12. The van der Waals surface area contributed by atoms with E-state index in [0.29, 0.717) is 34.4 Å². The molecule has 1 amide bonds. The number of anilines is 1. The van der Waals surface area contributed by atoms with Gasteiger partial charge in [0.15, 0.2) is 11.5 Å². The van der Waals surface area contributed by atoms with Crippen molar-refractivity contribution in [2.24, 2.45) is 0 Å². The zero-order valence-corrected chi connectivity index (χ0v) is 20.2. The van der Waals surface area contributed by atoms with E-state index in [9.17, 15) is 13.2 Å². The fourth-order valence-corrected chi connectivity index (χ4v) is 3.88. The van der Waals surface area contributed by atoms with Gasteiger partial charge in [-0.15, -0.1) is 0 Å². The number of amides is 1. The second kappa shape index (κ2) is 11.2. The van der Waals surface area contributed by atoms with Crippen molar-refractivity contribution >= 4 is 39.3 Å². The van der Waals surface area contributed by atoms with E-state index in [1.54, 1.807) is 18.2 Å². The van der Waals surface area contributed by atoms with Crippen LogP contribution in [-0.2, 0) is 14.8 Å². The molecule has 0 unspecified atom stereocenters. The number of ether oxygens (including phenoxy) is 3. The van der Waals surface area contributed by atoms with Crippen molar-refractivity contribution in [3.8, 4) is 17.2 Å². The Labute approximate surface area is 193 Å². The smallest absolute Gasteiger partial charge is 0.248 e. The highest BCUT2D eigenvalue weighted by Gasteiger charge is 2.19. The van der Waals surface area contributed by atoms with E-state index in [4.69, 9.17) is 25.8 Å². The Hall–Kier alpha value is -2.75. The number of hydrogen-bond acceptors (Lipinski definition) is 6. The predicted molar refractivity (Wildman–Crippen MR) is 125 cm³/mol. The molecule has 2 rings (SSSR count). The highest BCUT2D eigenvalue weighted by atomic mass is 35.5. The minimum atomic E-state index is -3.67. The first-order valence-corrected chi connectivity index (χ1v) is 11.6. The van der Waals surface area contributed by atoms with Gasteiger partial charge in [0.2, 0.25) is 15.9 Å². The number of carbonyl (C=O) groups is 1. The fourth-order valence-electron chi connectivity index (χ4n) is 2.68. The van der Waals surface area contributed by atoms with E-state index in [2.05, 4.69) is 5.32 Å². The average Bonchev–Trinajstić information content (AvgIpc) is 2.76. The summed E-state index contributed by atoms with van der Waals surface area (Å²) in [4.78, 5) is 12.5. The van der Waals surface area contributed by atoms with Crippen LogP contribution in [0, 0.1) is 0 Å². The number of benzene rings is 2. The first kappa shape index (κ1) is 25.5. The Balaban J connectivity index is 2.26. The van der Waals surface area contributed by atoms with Crippen LogP contribution >= 0.6 is 11.6 Å². The SMILES string of the molecule is CCCOc1c(Cl)cc(/C=C/C(=O)Nc2cc(S(=O)(=O)N(C)C)ccc2OC)cc1OC. The summed E-state index contributed by atoms with van der Waals surface area (Å²) < 4.78 is 42.1. The molecule has 0 aliphatic heterocycles. The number of rotatable bonds is 10. The van der Waals surface area contributed by atoms with Crippen LogP contribution in [0.1, 0.15) is 18.9 Å². The maximum atomic E-state index is 12.5. The van der Waals surface area contributed by atoms with Crippen LogP contribution in [0.4, 0.5) is 5.69 Å². The normalized spacial score (nSPS) is 11.6. The quantitative estimate of drug-likeness (QED) is 0.513. The molecule has 0 aliphatic rings. The fraction of sp³-hybridized carbons (Fsp3) is 0.318. The predicted octanol–water partition coefficient (Wildman–Crippen LogP) is 4.05. The molecule has 8 nitrogen and oxygen atoms in total. The van der Waals surface area contributed by atoms with Gasteiger partial charge in [-0.3, -0.25) is 4.79 Å². The van der Waals surface area contributed by atoms with Crippen molar-refractivity contribution in [2.75, 3.05) is 40.2 Å². The van der Waals surface area contributed by atoms with Gasteiger partial charge < -0.3 is 19.5 Å². The molecule has 0 atom stereocenters. The lowest BCUT2D eigenvalue weighted by molar-refractivity contribution is -0.111. The number of hydrogen-bond donors (Lipinski definition) is 1. The van der Waals surface area contributed by atoms with Crippen molar-refractivity contribution < 1.29 is 27.4 Å². The zero-order valence-electron chi connectivity index (χ0n) is 18.6. The third-order valence-corrected chi connectivity index (χ3v) is 6.43. The third kappa shape index (κ3) is 6.15. The molecule has 0 saturated carbocycles. The van der Waals surface area contributed by atoms with Crippen molar-refractivity contribution in [3.63, 3.8) is 0 Å². The number of methoxy groups -OCH3 is 2. The second-order valence-corrected chi connectivity index (χ2v) is 9.41. The number of carbonyl (C=O) groups excluding carboxylic acids is 1. The van der Waals surface area contributed by atoms with Gasteiger partial charge in [-0.25, -0.2) is 12.7 Å². The summed E-state index contributed by atoms with van der Waals surface area (Å²) in [6.45, 7) is 2.48. The summed E-state index contributed by atoms with van der Waals surface area (Å²) in [5.41, 5.74) is 0.853. The summed E-state index contributed by atoms with van der Waals surface area (Å²) in [6, 6.07) is 7.60. The molecule has 0 saturated heterocycles. The highest BCUT2D eigenvalue weighted by Crippen LogP contribution is 2.37. The molecule has 1 N–H and O–H groups in total. The molecule has 32 heavy (non-hydrogen) atoms. The van der Waals surface area contributed by atoms with Gasteiger partial charge in [-0.2, -0.15) is 0 Å². The summed E-state index contributed by atoms with van der Waals surface area (Å²) in [5.74, 6) is 0.742. The molecule has 0 bridgehead atoms. The number of halogens is 1. The van der Waals surface area contributed by atoms with Gasteiger partial charge in [-0.1, -0.05) is 18.5 Å². The Bertz CT molecular complexity index is 1100. The van der Waals surface area contributed by atoms with Crippen molar-refractivity contribution in [1.29, 1.82) is 0 Å². The minimum absolute atomic E-state index is 0.0294. The lowest BCUT2D eigenvalue weighted by Gasteiger charge is -2.14. The van der Waals surface area contributed by atoms with E-state index in [-0.39, 0.29) is 10.6 Å². The lowest BCUT2D eigenvalue weighted by atomic mass is 10.2. The summed E-state index contributed by atoms with van der Waals surface area (Å²) in [5, 5.41) is 3.01. The Morgan fingerprint density at radius 2 is 1.81 bits per heavy atom. The summed E-state index contributed by atoms with van der Waals surface area (Å²) in [6.07, 6.45) is 3.67. The van der Waals surface area contributed by atoms with Crippen LogP contribution in [0.5, 0.6) is 17.2 Å². The molecule has 2 aromatic rings. The van der Waals surface area contributed by atoms with E-state index in [1.165, 1.54) is 52.6 Å². The van der Waals surface area contributed by atoms with E-state index in [1.807, 2.05) is 6.92 Å². The standard InChI is InChI=1S/C22H27ClN2O6S/c1-6-11-31-22-17(23)12-15(13-20(22)30-5)7-10-21(26)24-18-14-16(8-9-19(18)29-4)32(27,28)25(2)3/h7-10,12-14H,6,11H2,1-5H3,(H,24,26)/b10-7+. The van der Waals surface area contributed by atoms with E-state index in [0.717, 1.165) is 10.7 Å². The molecule has 0 aromatic heterocycles. The monoisotopic (exact) mass is 482 g/mol. The molecule has 0 fully saturated rings. The van der Waals surface area contributed by atoms with Gasteiger partial charge in [0.25, 0.3) is 0 Å². The Morgan fingerprint density at radius 1 is 1.12 bits per heavy atom. The number of sulfonamides is 1. The zero-order chi connectivity index (χ0) is 23.9. The van der Waals surface area contributed by atoms with E-state index >= 15 is 0 Å². The van der Waals surface area contributed by atoms with Crippen LogP contribution in [0.25, 0.3) is 6.08 Å². The molecule has 0 radical (unpaired) electrons. The minimum Gasteiger partial charge on any atom is -0.495 e. The topological polar surface area (TPSA) is 94.2 Å². The van der Waals surface area contributed by atoms with Gasteiger partial charge in [0, 0.05) is 20.2 Å². The van der Waals surface area contributed by atoms with Gasteiger partial charge in [-0.05, 0) is 48.4 Å². The molecule has 10 heteroatoms. The average molecular weight is 483 g/mol. The largest absolute Gasteiger partial charge is 0.495 e. The van der Waals surface area contributed by atoms with Crippen LogP contribution in [0.3, 0.4) is 0 Å². The van der Waals surface area contributed by atoms with Gasteiger partial charge >= 0.3 is 0 Å². The van der Waals surface area contributed by atoms with Crippen molar-refractivity contribution in [1.82, 2.24) is 4.31 Å². The Morgan fingerprint density at radius 3 is 2.41 bits per heavy atom. The molecular formula is C22H27ClN2O6S. The van der Waals surface area contributed by atoms with Crippen LogP contribution in [-0.4, -0.2) is 53.6 Å². The number of nitrogens with zero attached hydrogens (tertiary/aromatic N) is 1. The van der Waals surface area contributed by atoms with Crippen molar-refractivity contribution in [3.05, 3.63) is 47.0 Å². The maximum Gasteiger partial charge on any atom is 0.248 e. The van der Waals surface area contributed by atoms with Gasteiger partial charge in [0.1, 0.15) is 5.75 Å². The van der Waals surface area contributed by atoms with Crippen LogP contribution in [0.2, 0.25) is 5.02 Å². The molecule has 174 valence electrons. The lowest BCUT2D eigenvalue weighted by Crippen LogP contribution is -2.22. The highest BCUT2D eigenvalue weighted by molar-refractivity contribution is 7.89. The summed E-state index contributed by atoms with van der Waals surface area (Å²) >= 11 is 6.30. The third-order valence-electron chi connectivity index (χ3n) is 4.34. The van der Waals surface area contributed by atoms with E-state index < -0.39 is 15.9 Å². The Kier molecular flexibility index (Phi) is 8.94. The molecule has 0 heterocycles.